The lowest BCUT2D eigenvalue weighted by molar-refractivity contribution is 0.248. The van der Waals surface area contributed by atoms with Crippen molar-refractivity contribution in [1.29, 1.82) is 0 Å². The molecule has 0 atom stereocenters. The van der Waals surface area contributed by atoms with Gasteiger partial charge in [0.25, 0.3) is 0 Å². The van der Waals surface area contributed by atoms with Gasteiger partial charge in [0, 0.05) is 25.3 Å². The summed E-state index contributed by atoms with van der Waals surface area (Å²) in [6, 6.07) is 5.24. The number of nitrogens with zero attached hydrogens (tertiary/aromatic N) is 2. The fourth-order valence-electron chi connectivity index (χ4n) is 2.46. The Bertz CT molecular complexity index is 370. The summed E-state index contributed by atoms with van der Waals surface area (Å²) in [7, 11) is 0. The van der Waals surface area contributed by atoms with Gasteiger partial charge in [0.05, 0.1) is 5.69 Å². The van der Waals surface area contributed by atoms with E-state index in [1.54, 1.807) is 0 Å². The van der Waals surface area contributed by atoms with Gasteiger partial charge in [-0.3, -0.25) is 9.88 Å². The molecule has 0 unspecified atom stereocenters. The van der Waals surface area contributed by atoms with Crippen molar-refractivity contribution in [1.82, 2.24) is 15.2 Å². The first-order chi connectivity index (χ1) is 9.83. The molecular formula is C17H29N3. The third-order valence-corrected chi connectivity index (χ3v) is 3.87. The largest absolute Gasteiger partial charge is 0.313 e. The number of hydrogen-bond acceptors (Lipinski definition) is 3. The summed E-state index contributed by atoms with van der Waals surface area (Å²) in [5, 5.41) is 3.42. The van der Waals surface area contributed by atoms with E-state index in [0.717, 1.165) is 25.7 Å². The minimum absolute atomic E-state index is 0.828. The Morgan fingerprint density at radius 1 is 1.25 bits per heavy atom. The summed E-state index contributed by atoms with van der Waals surface area (Å²) in [5.74, 6) is 0. The smallest absolute Gasteiger partial charge is 0.0544 e. The SMILES string of the molecule is CCCCN(Cc1ccc(CNCCC)cn1)C1CC1. The van der Waals surface area contributed by atoms with Gasteiger partial charge < -0.3 is 5.32 Å². The highest BCUT2D eigenvalue weighted by molar-refractivity contribution is 5.14. The number of rotatable bonds is 10. The Morgan fingerprint density at radius 2 is 2.10 bits per heavy atom. The van der Waals surface area contributed by atoms with Crippen LogP contribution in [-0.4, -0.2) is 29.0 Å². The maximum Gasteiger partial charge on any atom is 0.0544 e. The fraction of sp³-hybridized carbons (Fsp3) is 0.706. The molecule has 1 fully saturated rings. The maximum absolute atomic E-state index is 4.63. The number of nitrogens with one attached hydrogen (secondary N) is 1. The summed E-state index contributed by atoms with van der Waals surface area (Å²) >= 11 is 0. The van der Waals surface area contributed by atoms with Crippen LogP contribution in [0.5, 0.6) is 0 Å². The third-order valence-electron chi connectivity index (χ3n) is 3.87. The van der Waals surface area contributed by atoms with E-state index in [1.807, 2.05) is 6.20 Å². The molecule has 2 rings (SSSR count). The first-order valence-electron chi connectivity index (χ1n) is 8.22. The highest BCUT2D eigenvalue weighted by Crippen LogP contribution is 2.28. The minimum Gasteiger partial charge on any atom is -0.313 e. The zero-order valence-corrected chi connectivity index (χ0v) is 13.1. The van der Waals surface area contributed by atoms with E-state index in [-0.39, 0.29) is 0 Å². The van der Waals surface area contributed by atoms with Gasteiger partial charge >= 0.3 is 0 Å². The van der Waals surface area contributed by atoms with Crippen molar-refractivity contribution in [3.8, 4) is 0 Å². The second-order valence-electron chi connectivity index (χ2n) is 5.89. The van der Waals surface area contributed by atoms with Crippen molar-refractivity contribution in [2.24, 2.45) is 0 Å². The summed E-state index contributed by atoms with van der Waals surface area (Å²) in [6.45, 7) is 8.71. The highest BCUT2D eigenvalue weighted by Gasteiger charge is 2.28. The lowest BCUT2D eigenvalue weighted by Gasteiger charge is -2.21. The van der Waals surface area contributed by atoms with Crippen LogP contribution in [0.4, 0.5) is 0 Å². The van der Waals surface area contributed by atoms with Crippen LogP contribution in [0.2, 0.25) is 0 Å². The molecule has 3 nitrogen and oxygen atoms in total. The Morgan fingerprint density at radius 3 is 2.70 bits per heavy atom. The highest BCUT2D eigenvalue weighted by atomic mass is 15.2. The minimum atomic E-state index is 0.828. The molecule has 1 aromatic heterocycles. The van der Waals surface area contributed by atoms with E-state index in [2.05, 4.69) is 41.2 Å². The summed E-state index contributed by atoms with van der Waals surface area (Å²) in [6.07, 6.45) is 8.54. The first kappa shape index (κ1) is 15.5. The van der Waals surface area contributed by atoms with Crippen LogP contribution in [0.3, 0.4) is 0 Å². The van der Waals surface area contributed by atoms with Crippen LogP contribution in [0, 0.1) is 0 Å². The van der Waals surface area contributed by atoms with E-state index < -0.39 is 0 Å². The average molecular weight is 275 g/mol. The van der Waals surface area contributed by atoms with Crippen molar-refractivity contribution in [3.05, 3.63) is 29.6 Å². The molecule has 20 heavy (non-hydrogen) atoms. The van der Waals surface area contributed by atoms with E-state index in [0.29, 0.717) is 0 Å². The van der Waals surface area contributed by atoms with Crippen LogP contribution >= 0.6 is 0 Å². The molecule has 1 saturated carbocycles. The van der Waals surface area contributed by atoms with Gasteiger partial charge in [0.2, 0.25) is 0 Å². The molecule has 0 bridgehead atoms. The standard InChI is InChI=1S/C17H29N3/c1-3-5-11-20(17-8-9-17)14-16-7-6-15(13-19-16)12-18-10-4-2/h6-7,13,17-18H,3-5,8-12,14H2,1-2H3. The molecular weight excluding hydrogens is 246 g/mol. The molecule has 0 aromatic carbocycles. The summed E-state index contributed by atoms with van der Waals surface area (Å²) < 4.78 is 0. The van der Waals surface area contributed by atoms with Crippen LogP contribution in [0.25, 0.3) is 0 Å². The zero-order valence-electron chi connectivity index (χ0n) is 13.1. The molecule has 1 aliphatic carbocycles. The normalized spacial score (nSPS) is 14.9. The van der Waals surface area contributed by atoms with Crippen molar-refractivity contribution >= 4 is 0 Å². The van der Waals surface area contributed by atoms with Gasteiger partial charge in [-0.05, 0) is 50.4 Å². The van der Waals surface area contributed by atoms with Crippen molar-refractivity contribution < 1.29 is 0 Å². The molecule has 0 amide bonds. The fourth-order valence-corrected chi connectivity index (χ4v) is 2.46. The van der Waals surface area contributed by atoms with Gasteiger partial charge in [-0.25, -0.2) is 0 Å². The van der Waals surface area contributed by atoms with Gasteiger partial charge in [0.15, 0.2) is 0 Å². The summed E-state index contributed by atoms with van der Waals surface area (Å²) in [4.78, 5) is 7.25. The van der Waals surface area contributed by atoms with Crippen LogP contribution in [0.15, 0.2) is 18.3 Å². The van der Waals surface area contributed by atoms with Crippen LogP contribution in [0.1, 0.15) is 57.2 Å². The predicted molar refractivity (Wildman–Crippen MR) is 84.6 cm³/mol. The number of hydrogen-bond donors (Lipinski definition) is 1. The van der Waals surface area contributed by atoms with E-state index in [1.165, 1.54) is 49.9 Å². The molecule has 1 aliphatic rings. The lowest BCUT2D eigenvalue weighted by Crippen LogP contribution is -2.27. The number of aromatic nitrogens is 1. The Labute approximate surface area is 123 Å². The molecule has 3 heteroatoms. The predicted octanol–water partition coefficient (Wildman–Crippen LogP) is 3.35. The zero-order chi connectivity index (χ0) is 14.2. The van der Waals surface area contributed by atoms with Gasteiger partial charge in [-0.1, -0.05) is 26.3 Å². The second-order valence-corrected chi connectivity index (χ2v) is 5.89. The Hall–Kier alpha value is -0.930. The maximum atomic E-state index is 4.63. The molecule has 1 aromatic rings. The van der Waals surface area contributed by atoms with E-state index in [9.17, 15) is 0 Å². The monoisotopic (exact) mass is 275 g/mol. The third kappa shape index (κ3) is 5.22. The molecule has 0 saturated heterocycles. The molecule has 0 spiro atoms. The van der Waals surface area contributed by atoms with Crippen LogP contribution < -0.4 is 5.32 Å². The van der Waals surface area contributed by atoms with Crippen molar-refractivity contribution in [3.63, 3.8) is 0 Å². The Kier molecular flexibility index (Phi) is 6.48. The van der Waals surface area contributed by atoms with E-state index >= 15 is 0 Å². The first-order valence-corrected chi connectivity index (χ1v) is 8.22. The van der Waals surface area contributed by atoms with Crippen LogP contribution in [-0.2, 0) is 13.1 Å². The van der Waals surface area contributed by atoms with Crippen molar-refractivity contribution in [2.75, 3.05) is 13.1 Å². The van der Waals surface area contributed by atoms with Gasteiger partial charge in [0.1, 0.15) is 0 Å². The topological polar surface area (TPSA) is 28.2 Å². The second kappa shape index (κ2) is 8.38. The van der Waals surface area contributed by atoms with Crippen molar-refractivity contribution in [2.45, 2.75) is 65.1 Å². The molecule has 1 heterocycles. The number of unbranched alkanes of at least 4 members (excludes halogenated alkanes) is 1. The van der Waals surface area contributed by atoms with Gasteiger partial charge in [-0.2, -0.15) is 0 Å². The Balaban J connectivity index is 1.82. The summed E-state index contributed by atoms with van der Waals surface area (Å²) in [5.41, 5.74) is 2.50. The molecule has 112 valence electrons. The molecule has 1 N–H and O–H groups in total. The quantitative estimate of drug-likeness (QED) is 0.664. The van der Waals surface area contributed by atoms with E-state index in [4.69, 9.17) is 0 Å². The lowest BCUT2D eigenvalue weighted by atomic mass is 10.2. The molecule has 0 radical (unpaired) electrons. The number of pyridine rings is 1. The van der Waals surface area contributed by atoms with Gasteiger partial charge in [-0.15, -0.1) is 0 Å². The average Bonchev–Trinajstić information content (AvgIpc) is 3.30. The molecule has 0 aliphatic heterocycles.